The van der Waals surface area contributed by atoms with Crippen LogP contribution in [-0.4, -0.2) is 37.2 Å². The fraction of sp³-hybridized carbons (Fsp3) is 0.280. The molecule has 3 aromatic carbocycles. The Morgan fingerprint density at radius 3 is 1.86 bits per heavy atom. The maximum atomic E-state index is 6.28. The van der Waals surface area contributed by atoms with Crippen molar-refractivity contribution in [3.63, 3.8) is 0 Å². The topological polar surface area (TPSA) is 27.7 Å². The smallest absolute Gasteiger partial charge is 0.113 e. The molecule has 0 spiro atoms. The van der Waals surface area contributed by atoms with Gasteiger partial charge in [0.1, 0.15) is 12.2 Å². The Hall–Kier alpha value is -2.03. The first-order valence-corrected chi connectivity index (χ1v) is 11.6. The first-order chi connectivity index (χ1) is 14.4. The zero-order valence-corrected chi connectivity index (χ0v) is 17.2. The molecule has 3 aromatic rings. The first-order valence-electron chi connectivity index (χ1n) is 10.2. The van der Waals surface area contributed by atoms with Crippen molar-refractivity contribution in [2.24, 2.45) is 0 Å². The average Bonchev–Trinajstić information content (AvgIpc) is 3.38. The SMILES string of the molecule is c1ccc(CO[C@@H]2CO[C@H]3[C@@H]2OC[C@@H]3P(c2ccccc2)c2ccccc2)cc1. The second-order valence-electron chi connectivity index (χ2n) is 7.54. The van der Waals surface area contributed by atoms with E-state index in [1.165, 1.54) is 16.2 Å². The van der Waals surface area contributed by atoms with Crippen molar-refractivity contribution < 1.29 is 14.2 Å². The number of hydrogen-bond acceptors (Lipinski definition) is 3. The summed E-state index contributed by atoms with van der Waals surface area (Å²) in [6, 6.07) is 31.9. The molecule has 0 amide bonds. The molecule has 0 saturated carbocycles. The number of hydrogen-bond donors (Lipinski definition) is 0. The van der Waals surface area contributed by atoms with E-state index in [0.29, 0.717) is 18.9 Å². The summed E-state index contributed by atoms with van der Waals surface area (Å²) in [7, 11) is -0.561. The number of rotatable bonds is 6. The van der Waals surface area contributed by atoms with Crippen molar-refractivity contribution in [1.82, 2.24) is 0 Å². The molecule has 2 fully saturated rings. The summed E-state index contributed by atoms with van der Waals surface area (Å²) in [6.07, 6.45) is 0.0945. The number of fused-ring (bicyclic) bond motifs is 1. The van der Waals surface area contributed by atoms with Crippen LogP contribution in [0.5, 0.6) is 0 Å². The van der Waals surface area contributed by atoms with Gasteiger partial charge in [-0.25, -0.2) is 0 Å². The van der Waals surface area contributed by atoms with Crippen LogP contribution in [0.4, 0.5) is 0 Å². The molecule has 148 valence electrons. The zero-order chi connectivity index (χ0) is 19.5. The third-order valence-corrected chi connectivity index (χ3v) is 8.50. The molecule has 0 N–H and O–H groups in total. The summed E-state index contributed by atoms with van der Waals surface area (Å²) in [5.74, 6) is 0. The largest absolute Gasteiger partial charge is 0.372 e. The van der Waals surface area contributed by atoms with Crippen LogP contribution in [0.1, 0.15) is 5.56 Å². The summed E-state index contributed by atoms with van der Waals surface area (Å²) in [5.41, 5.74) is 1.52. The molecule has 4 heteroatoms. The molecule has 0 radical (unpaired) electrons. The monoisotopic (exact) mass is 404 g/mol. The Morgan fingerprint density at radius 1 is 0.690 bits per heavy atom. The fourth-order valence-corrected chi connectivity index (χ4v) is 7.13. The molecule has 0 bridgehead atoms. The molecule has 5 rings (SSSR count). The normalized spacial score (nSPS) is 26.0. The predicted octanol–water partition coefficient (Wildman–Crippen LogP) is 3.87. The Labute approximate surface area is 173 Å². The van der Waals surface area contributed by atoms with Gasteiger partial charge in [-0.1, -0.05) is 91.0 Å². The maximum Gasteiger partial charge on any atom is 0.113 e. The van der Waals surface area contributed by atoms with Crippen molar-refractivity contribution in [1.29, 1.82) is 0 Å². The van der Waals surface area contributed by atoms with Crippen LogP contribution < -0.4 is 10.6 Å². The second kappa shape index (κ2) is 8.77. The van der Waals surface area contributed by atoms with Crippen LogP contribution in [0, 0.1) is 0 Å². The third-order valence-electron chi connectivity index (χ3n) is 5.69. The molecule has 2 heterocycles. The van der Waals surface area contributed by atoms with E-state index < -0.39 is 7.92 Å². The van der Waals surface area contributed by atoms with Crippen LogP contribution >= 0.6 is 7.92 Å². The van der Waals surface area contributed by atoms with Gasteiger partial charge in [-0.3, -0.25) is 0 Å². The van der Waals surface area contributed by atoms with E-state index in [4.69, 9.17) is 14.2 Å². The third kappa shape index (κ3) is 4.01. The highest BCUT2D eigenvalue weighted by atomic mass is 31.1. The lowest BCUT2D eigenvalue weighted by atomic mass is 10.1. The van der Waals surface area contributed by atoms with E-state index in [0.717, 1.165) is 6.61 Å². The molecular weight excluding hydrogens is 379 g/mol. The van der Waals surface area contributed by atoms with Gasteiger partial charge in [0.2, 0.25) is 0 Å². The Kier molecular flexibility index (Phi) is 5.73. The summed E-state index contributed by atoms with van der Waals surface area (Å²) >= 11 is 0. The van der Waals surface area contributed by atoms with Gasteiger partial charge in [0.05, 0.1) is 25.9 Å². The van der Waals surface area contributed by atoms with Crippen molar-refractivity contribution in [3.05, 3.63) is 96.6 Å². The fourth-order valence-electron chi connectivity index (χ4n) is 4.30. The highest BCUT2D eigenvalue weighted by Crippen LogP contribution is 2.48. The summed E-state index contributed by atoms with van der Waals surface area (Å²) < 4.78 is 18.8. The van der Waals surface area contributed by atoms with Gasteiger partial charge >= 0.3 is 0 Å². The van der Waals surface area contributed by atoms with Crippen LogP contribution in [-0.2, 0) is 20.8 Å². The zero-order valence-electron chi connectivity index (χ0n) is 16.3. The summed E-state index contributed by atoms with van der Waals surface area (Å²) in [4.78, 5) is 0. The van der Waals surface area contributed by atoms with Gasteiger partial charge in [0.25, 0.3) is 0 Å². The lowest BCUT2D eigenvalue weighted by Gasteiger charge is -2.27. The highest BCUT2D eigenvalue weighted by Gasteiger charge is 2.51. The average molecular weight is 404 g/mol. The van der Waals surface area contributed by atoms with E-state index >= 15 is 0 Å². The van der Waals surface area contributed by atoms with E-state index in [1.54, 1.807) is 0 Å². The van der Waals surface area contributed by atoms with E-state index in [-0.39, 0.29) is 18.3 Å². The Bertz CT molecular complexity index is 864. The molecule has 2 aliphatic heterocycles. The van der Waals surface area contributed by atoms with E-state index in [1.807, 2.05) is 18.2 Å². The molecule has 0 unspecified atom stereocenters. The van der Waals surface area contributed by atoms with Crippen LogP contribution in [0.3, 0.4) is 0 Å². The van der Waals surface area contributed by atoms with E-state index in [9.17, 15) is 0 Å². The van der Waals surface area contributed by atoms with Crippen molar-refractivity contribution >= 4 is 18.5 Å². The standard InChI is InChI=1S/C25H25O3P/c1-4-10-19(11-5-1)16-26-22-17-27-25-23(18-28-24(22)25)29(20-12-6-2-7-13-20)21-14-8-3-9-15-21/h1-15,22-25H,16-18H2/t22-,23+,24-,25-/m1/s1. The lowest BCUT2D eigenvalue weighted by Crippen LogP contribution is -2.35. The quantitative estimate of drug-likeness (QED) is 0.584. The van der Waals surface area contributed by atoms with Crippen molar-refractivity contribution in [2.45, 2.75) is 30.6 Å². The molecule has 0 aromatic heterocycles. The maximum absolute atomic E-state index is 6.28. The van der Waals surface area contributed by atoms with Gasteiger partial charge in [0, 0.05) is 5.66 Å². The predicted molar refractivity (Wildman–Crippen MR) is 117 cm³/mol. The first kappa shape index (κ1) is 19.0. The van der Waals surface area contributed by atoms with Crippen LogP contribution in [0.25, 0.3) is 0 Å². The van der Waals surface area contributed by atoms with Crippen LogP contribution in [0.15, 0.2) is 91.0 Å². The lowest BCUT2D eigenvalue weighted by molar-refractivity contribution is -0.0384. The Balaban J connectivity index is 1.35. The van der Waals surface area contributed by atoms with Gasteiger partial charge in [-0.15, -0.1) is 0 Å². The molecule has 0 aliphatic carbocycles. The van der Waals surface area contributed by atoms with Crippen LogP contribution in [0.2, 0.25) is 0 Å². The van der Waals surface area contributed by atoms with Gasteiger partial charge in [0.15, 0.2) is 0 Å². The molecular formula is C25H25O3P. The minimum atomic E-state index is -0.561. The molecule has 3 nitrogen and oxygen atoms in total. The Morgan fingerprint density at radius 2 is 1.24 bits per heavy atom. The second-order valence-corrected chi connectivity index (χ2v) is 9.98. The number of ether oxygens (including phenoxy) is 3. The van der Waals surface area contributed by atoms with E-state index in [2.05, 4.69) is 72.8 Å². The summed E-state index contributed by atoms with van der Waals surface area (Å²) in [6.45, 7) is 1.92. The molecule has 2 saturated heterocycles. The minimum absolute atomic E-state index is 0.00592. The highest BCUT2D eigenvalue weighted by molar-refractivity contribution is 7.73. The number of benzene rings is 3. The van der Waals surface area contributed by atoms with Crippen molar-refractivity contribution in [3.8, 4) is 0 Å². The van der Waals surface area contributed by atoms with Gasteiger partial charge in [-0.2, -0.15) is 0 Å². The van der Waals surface area contributed by atoms with Gasteiger partial charge in [-0.05, 0) is 24.1 Å². The molecule has 29 heavy (non-hydrogen) atoms. The van der Waals surface area contributed by atoms with Crippen molar-refractivity contribution in [2.75, 3.05) is 13.2 Å². The molecule has 2 aliphatic rings. The van der Waals surface area contributed by atoms with Gasteiger partial charge < -0.3 is 14.2 Å². The summed E-state index contributed by atoms with van der Waals surface area (Å²) in [5, 5.41) is 2.75. The molecule has 4 atom stereocenters. The minimum Gasteiger partial charge on any atom is -0.372 e.